The smallest absolute Gasteiger partial charge is 0.0957 e. The van der Waals surface area contributed by atoms with Crippen molar-refractivity contribution in [2.24, 2.45) is 0 Å². The van der Waals surface area contributed by atoms with E-state index in [9.17, 15) is 5.11 Å². The molecule has 0 spiro atoms. The Morgan fingerprint density at radius 2 is 1.84 bits per heavy atom. The van der Waals surface area contributed by atoms with Gasteiger partial charge in [0, 0.05) is 6.42 Å². The van der Waals surface area contributed by atoms with Gasteiger partial charge in [-0.05, 0) is 55.4 Å². The van der Waals surface area contributed by atoms with Crippen LogP contribution >= 0.6 is 11.5 Å². The van der Waals surface area contributed by atoms with Crippen molar-refractivity contribution in [2.45, 2.75) is 46.6 Å². The molecule has 0 saturated carbocycles. The molecule has 0 radical (unpaired) electrons. The number of aromatic nitrogens is 2. The van der Waals surface area contributed by atoms with Gasteiger partial charge in [0.25, 0.3) is 0 Å². The molecule has 1 N–H and O–H groups in total. The monoisotopic (exact) mass is 276 g/mol. The SMILES string of the molecule is CCc1nnsc1C(O)Cc1c(C)cc(C)cc1C. The molecular formula is C15H20N2OS. The summed E-state index contributed by atoms with van der Waals surface area (Å²) in [4.78, 5) is 0.905. The van der Waals surface area contributed by atoms with Crippen LogP contribution in [0.25, 0.3) is 0 Å². The lowest BCUT2D eigenvalue weighted by molar-refractivity contribution is 0.180. The second kappa shape index (κ2) is 5.80. The zero-order chi connectivity index (χ0) is 14.0. The van der Waals surface area contributed by atoms with Crippen molar-refractivity contribution >= 4 is 11.5 Å². The molecule has 0 amide bonds. The number of aliphatic hydroxyl groups is 1. The number of benzene rings is 1. The van der Waals surface area contributed by atoms with Crippen molar-refractivity contribution in [3.05, 3.63) is 45.0 Å². The van der Waals surface area contributed by atoms with Crippen LogP contribution in [0, 0.1) is 20.8 Å². The van der Waals surface area contributed by atoms with Gasteiger partial charge < -0.3 is 5.11 Å². The average molecular weight is 276 g/mol. The van der Waals surface area contributed by atoms with E-state index in [0.717, 1.165) is 17.0 Å². The molecule has 102 valence electrons. The van der Waals surface area contributed by atoms with E-state index in [4.69, 9.17) is 0 Å². The van der Waals surface area contributed by atoms with E-state index in [1.165, 1.54) is 33.8 Å². The fourth-order valence-electron chi connectivity index (χ4n) is 2.53. The standard InChI is InChI=1S/C15H20N2OS/c1-5-13-15(19-17-16-13)14(18)8-12-10(3)6-9(2)7-11(12)4/h6-7,14,18H,5,8H2,1-4H3. The molecule has 0 aliphatic rings. The minimum atomic E-state index is -0.505. The molecule has 0 fully saturated rings. The van der Waals surface area contributed by atoms with E-state index < -0.39 is 6.10 Å². The highest BCUT2D eigenvalue weighted by Gasteiger charge is 2.18. The summed E-state index contributed by atoms with van der Waals surface area (Å²) in [5.41, 5.74) is 5.90. The Balaban J connectivity index is 2.27. The Morgan fingerprint density at radius 3 is 2.42 bits per heavy atom. The lowest BCUT2D eigenvalue weighted by atomic mass is 9.94. The molecule has 4 heteroatoms. The van der Waals surface area contributed by atoms with E-state index in [2.05, 4.69) is 42.5 Å². The van der Waals surface area contributed by atoms with E-state index >= 15 is 0 Å². The van der Waals surface area contributed by atoms with E-state index in [1.807, 2.05) is 6.92 Å². The Bertz CT molecular complexity index is 554. The van der Waals surface area contributed by atoms with Crippen LogP contribution in [0.5, 0.6) is 0 Å². The van der Waals surface area contributed by atoms with Crippen LogP contribution in [0.4, 0.5) is 0 Å². The van der Waals surface area contributed by atoms with E-state index in [1.54, 1.807) is 0 Å². The summed E-state index contributed by atoms with van der Waals surface area (Å²) < 4.78 is 3.95. The van der Waals surface area contributed by atoms with Crippen LogP contribution in [0.2, 0.25) is 0 Å². The fourth-order valence-corrected chi connectivity index (χ4v) is 3.25. The summed E-state index contributed by atoms with van der Waals surface area (Å²) in [6.07, 6.45) is 0.943. The van der Waals surface area contributed by atoms with Crippen molar-refractivity contribution in [2.75, 3.05) is 0 Å². The maximum atomic E-state index is 10.4. The maximum absolute atomic E-state index is 10.4. The minimum Gasteiger partial charge on any atom is -0.387 e. The van der Waals surface area contributed by atoms with Crippen molar-refractivity contribution in [3.63, 3.8) is 0 Å². The summed E-state index contributed by atoms with van der Waals surface area (Å²) in [6, 6.07) is 4.33. The lowest BCUT2D eigenvalue weighted by Gasteiger charge is -2.15. The Kier molecular flexibility index (Phi) is 4.32. The van der Waals surface area contributed by atoms with Gasteiger partial charge in [-0.3, -0.25) is 0 Å². The molecule has 1 atom stereocenters. The second-order valence-electron chi connectivity index (χ2n) is 5.03. The van der Waals surface area contributed by atoms with Gasteiger partial charge in [-0.25, -0.2) is 0 Å². The molecule has 1 unspecified atom stereocenters. The molecule has 0 saturated heterocycles. The van der Waals surface area contributed by atoms with Gasteiger partial charge in [-0.2, -0.15) is 0 Å². The molecule has 1 aromatic heterocycles. The van der Waals surface area contributed by atoms with Crippen molar-refractivity contribution in [3.8, 4) is 0 Å². The van der Waals surface area contributed by atoms with Crippen molar-refractivity contribution in [1.82, 2.24) is 9.59 Å². The molecule has 0 bridgehead atoms. The highest BCUT2D eigenvalue weighted by Crippen LogP contribution is 2.27. The number of aryl methyl sites for hydroxylation is 4. The van der Waals surface area contributed by atoms with E-state index in [-0.39, 0.29) is 0 Å². The first-order chi connectivity index (χ1) is 9.02. The van der Waals surface area contributed by atoms with Crippen LogP contribution in [0.3, 0.4) is 0 Å². The van der Waals surface area contributed by atoms with Gasteiger partial charge in [-0.15, -0.1) is 5.10 Å². The number of rotatable bonds is 4. The molecule has 19 heavy (non-hydrogen) atoms. The fraction of sp³-hybridized carbons (Fsp3) is 0.467. The number of hydrogen-bond donors (Lipinski definition) is 1. The Labute approximate surface area is 118 Å². The third-order valence-electron chi connectivity index (χ3n) is 3.46. The topological polar surface area (TPSA) is 46.0 Å². The van der Waals surface area contributed by atoms with Gasteiger partial charge in [0.2, 0.25) is 0 Å². The molecule has 1 aromatic carbocycles. The molecule has 0 aliphatic carbocycles. The molecule has 1 heterocycles. The van der Waals surface area contributed by atoms with Gasteiger partial charge >= 0.3 is 0 Å². The number of hydrogen-bond acceptors (Lipinski definition) is 4. The molecule has 3 nitrogen and oxygen atoms in total. The zero-order valence-electron chi connectivity index (χ0n) is 11.9. The first-order valence-electron chi connectivity index (χ1n) is 6.58. The summed E-state index contributed by atoms with van der Waals surface area (Å²) in [5.74, 6) is 0. The highest BCUT2D eigenvalue weighted by atomic mass is 32.1. The average Bonchev–Trinajstić information content (AvgIpc) is 2.81. The Morgan fingerprint density at radius 1 is 1.21 bits per heavy atom. The summed E-state index contributed by atoms with van der Waals surface area (Å²) in [5, 5.41) is 14.5. The predicted molar refractivity (Wildman–Crippen MR) is 78.6 cm³/mol. The quantitative estimate of drug-likeness (QED) is 0.932. The first kappa shape index (κ1) is 14.2. The maximum Gasteiger partial charge on any atom is 0.0957 e. The Hall–Kier alpha value is -1.26. The van der Waals surface area contributed by atoms with Crippen LogP contribution in [-0.2, 0) is 12.8 Å². The number of aliphatic hydroxyl groups excluding tert-OH is 1. The summed E-state index contributed by atoms with van der Waals surface area (Å²) >= 11 is 1.31. The van der Waals surface area contributed by atoms with Gasteiger partial charge in [0.15, 0.2) is 0 Å². The predicted octanol–water partition coefficient (Wildman–Crippen LogP) is 3.30. The molecule has 2 rings (SSSR count). The van der Waals surface area contributed by atoms with Crippen molar-refractivity contribution < 1.29 is 5.11 Å². The summed E-state index contributed by atoms with van der Waals surface area (Å²) in [6.45, 7) is 8.35. The highest BCUT2D eigenvalue weighted by molar-refractivity contribution is 7.05. The normalized spacial score (nSPS) is 12.7. The molecular weight excluding hydrogens is 256 g/mol. The van der Waals surface area contributed by atoms with E-state index in [0.29, 0.717) is 6.42 Å². The van der Waals surface area contributed by atoms with Crippen molar-refractivity contribution in [1.29, 1.82) is 0 Å². The minimum absolute atomic E-state index is 0.505. The number of nitrogens with zero attached hydrogens (tertiary/aromatic N) is 2. The zero-order valence-corrected chi connectivity index (χ0v) is 12.7. The van der Waals surface area contributed by atoms with Crippen LogP contribution < -0.4 is 0 Å². The third-order valence-corrected chi connectivity index (χ3v) is 4.33. The molecule has 2 aromatic rings. The van der Waals surface area contributed by atoms with Gasteiger partial charge in [0.05, 0.1) is 16.7 Å². The first-order valence-corrected chi connectivity index (χ1v) is 7.36. The van der Waals surface area contributed by atoms with Crippen LogP contribution in [-0.4, -0.2) is 14.7 Å². The second-order valence-corrected chi connectivity index (χ2v) is 5.82. The lowest BCUT2D eigenvalue weighted by Crippen LogP contribution is -2.06. The third kappa shape index (κ3) is 3.01. The largest absolute Gasteiger partial charge is 0.387 e. The van der Waals surface area contributed by atoms with Crippen LogP contribution in [0.1, 0.15) is 45.9 Å². The van der Waals surface area contributed by atoms with Gasteiger partial charge in [0.1, 0.15) is 0 Å². The van der Waals surface area contributed by atoms with Crippen LogP contribution in [0.15, 0.2) is 12.1 Å². The van der Waals surface area contributed by atoms with Gasteiger partial charge in [-0.1, -0.05) is 29.1 Å². The molecule has 0 aliphatic heterocycles. The summed E-state index contributed by atoms with van der Waals surface area (Å²) in [7, 11) is 0.